The van der Waals surface area contributed by atoms with Gasteiger partial charge < -0.3 is 0 Å². The second kappa shape index (κ2) is 1.42. The number of hydrogen-bond donors (Lipinski definition) is 0. The predicted octanol–water partition coefficient (Wildman–Crippen LogP) is 2.46. The van der Waals surface area contributed by atoms with E-state index < -0.39 is 0 Å². The van der Waals surface area contributed by atoms with Gasteiger partial charge in [-0.15, -0.1) is 0 Å². The minimum absolute atomic E-state index is 0.931. The van der Waals surface area contributed by atoms with E-state index in [0.29, 0.717) is 0 Å². The molecule has 4 atom stereocenters. The lowest BCUT2D eigenvalue weighted by Gasteiger charge is -2.04. The van der Waals surface area contributed by atoms with E-state index in [4.69, 9.17) is 0 Å². The van der Waals surface area contributed by atoms with Crippen LogP contribution in [0, 0.1) is 23.7 Å². The average Bonchev–Trinajstić information content (AvgIpc) is 2.30. The number of allylic oxidation sites excluding steroid dienone is 1. The Balaban J connectivity index is 2.19. The molecule has 2 fully saturated rings. The zero-order valence-corrected chi connectivity index (χ0v) is 6.22. The van der Waals surface area contributed by atoms with Crippen LogP contribution in [0.5, 0.6) is 0 Å². The number of hydrogen-bond acceptors (Lipinski definition) is 0. The number of fused-ring (bicyclic) bond motifs is 1. The minimum Gasteiger partial charge on any atom is -0.0995 e. The second-order valence-corrected chi connectivity index (χ2v) is 3.80. The molecule has 0 aliphatic heterocycles. The molecule has 2 aliphatic rings. The van der Waals surface area contributed by atoms with Crippen molar-refractivity contribution in [2.24, 2.45) is 23.7 Å². The van der Waals surface area contributed by atoms with Crippen LogP contribution in [-0.2, 0) is 0 Å². The molecule has 50 valence electrons. The van der Waals surface area contributed by atoms with Gasteiger partial charge >= 0.3 is 0 Å². The Morgan fingerprint density at radius 1 is 1.44 bits per heavy atom. The summed E-state index contributed by atoms with van der Waals surface area (Å²) in [6.45, 7) is 8.80. The normalized spacial score (nSPS) is 55.6. The molecule has 0 aromatic heterocycles. The summed E-state index contributed by atoms with van der Waals surface area (Å²) in [5, 5.41) is 0. The number of rotatable bonds is 0. The third kappa shape index (κ3) is 0.540. The van der Waals surface area contributed by atoms with Crippen molar-refractivity contribution in [1.29, 1.82) is 0 Å². The molecule has 0 heterocycles. The van der Waals surface area contributed by atoms with Gasteiger partial charge in [-0.25, -0.2) is 0 Å². The van der Waals surface area contributed by atoms with Crippen molar-refractivity contribution in [2.75, 3.05) is 0 Å². The van der Waals surface area contributed by atoms with Gasteiger partial charge in [0, 0.05) is 0 Å². The molecule has 0 saturated heterocycles. The van der Waals surface area contributed by atoms with Gasteiger partial charge in [-0.2, -0.15) is 0 Å². The Hall–Kier alpha value is -0.260. The third-order valence-electron chi connectivity index (χ3n) is 3.16. The van der Waals surface area contributed by atoms with Gasteiger partial charge in [-0.05, 0) is 30.1 Å². The smallest absolute Gasteiger partial charge is 0.0143 e. The summed E-state index contributed by atoms with van der Waals surface area (Å²) in [5.41, 5.74) is 1.53. The standard InChI is InChI=1S/C9H14/c1-5-4-6(2)9-7(3)8(5)9/h6-9H,1,4H2,2-3H3. The van der Waals surface area contributed by atoms with Crippen molar-refractivity contribution < 1.29 is 0 Å². The first-order valence-corrected chi connectivity index (χ1v) is 3.89. The topological polar surface area (TPSA) is 0 Å². The van der Waals surface area contributed by atoms with Gasteiger partial charge in [-0.1, -0.05) is 26.0 Å². The highest BCUT2D eigenvalue weighted by Crippen LogP contribution is 2.62. The van der Waals surface area contributed by atoms with E-state index in [1.165, 1.54) is 12.0 Å². The Kier molecular flexibility index (Phi) is 0.870. The van der Waals surface area contributed by atoms with Crippen LogP contribution in [-0.4, -0.2) is 0 Å². The maximum absolute atomic E-state index is 4.08. The van der Waals surface area contributed by atoms with Crippen molar-refractivity contribution in [3.63, 3.8) is 0 Å². The fourth-order valence-corrected chi connectivity index (χ4v) is 2.70. The van der Waals surface area contributed by atoms with E-state index >= 15 is 0 Å². The van der Waals surface area contributed by atoms with E-state index in [-0.39, 0.29) is 0 Å². The maximum Gasteiger partial charge on any atom is -0.0143 e. The second-order valence-electron chi connectivity index (χ2n) is 3.80. The summed E-state index contributed by atoms with van der Waals surface area (Å²) in [5.74, 6) is 3.87. The molecular weight excluding hydrogens is 108 g/mol. The largest absolute Gasteiger partial charge is 0.0995 e. The summed E-state index contributed by atoms with van der Waals surface area (Å²) in [6.07, 6.45) is 1.31. The lowest BCUT2D eigenvalue weighted by molar-refractivity contribution is 0.508. The van der Waals surface area contributed by atoms with E-state index in [0.717, 1.165) is 23.7 Å². The van der Waals surface area contributed by atoms with Gasteiger partial charge in [0.05, 0.1) is 0 Å². The maximum atomic E-state index is 4.08. The van der Waals surface area contributed by atoms with Crippen molar-refractivity contribution >= 4 is 0 Å². The van der Waals surface area contributed by atoms with E-state index in [9.17, 15) is 0 Å². The fourth-order valence-electron chi connectivity index (χ4n) is 2.70. The Bertz CT molecular complexity index is 157. The Labute approximate surface area is 57.0 Å². The van der Waals surface area contributed by atoms with Crippen molar-refractivity contribution in [3.8, 4) is 0 Å². The average molecular weight is 122 g/mol. The zero-order valence-electron chi connectivity index (χ0n) is 6.22. The Morgan fingerprint density at radius 2 is 2.11 bits per heavy atom. The highest BCUT2D eigenvalue weighted by Gasteiger charge is 2.55. The van der Waals surface area contributed by atoms with E-state index in [1.807, 2.05) is 0 Å². The van der Waals surface area contributed by atoms with E-state index in [1.54, 1.807) is 0 Å². The third-order valence-corrected chi connectivity index (χ3v) is 3.16. The van der Waals surface area contributed by atoms with E-state index in [2.05, 4.69) is 20.4 Å². The van der Waals surface area contributed by atoms with Crippen LogP contribution in [0.25, 0.3) is 0 Å². The van der Waals surface area contributed by atoms with Crippen LogP contribution in [0.2, 0.25) is 0 Å². The van der Waals surface area contributed by atoms with Crippen LogP contribution in [0.4, 0.5) is 0 Å². The van der Waals surface area contributed by atoms with Crippen LogP contribution < -0.4 is 0 Å². The van der Waals surface area contributed by atoms with Gasteiger partial charge in [0.15, 0.2) is 0 Å². The van der Waals surface area contributed by atoms with Crippen molar-refractivity contribution in [3.05, 3.63) is 12.2 Å². The molecule has 0 amide bonds. The summed E-state index contributed by atoms with van der Waals surface area (Å²) in [6, 6.07) is 0. The van der Waals surface area contributed by atoms with Crippen molar-refractivity contribution in [1.82, 2.24) is 0 Å². The molecule has 0 N–H and O–H groups in total. The lowest BCUT2D eigenvalue weighted by Crippen LogP contribution is -1.94. The molecule has 0 bridgehead atoms. The zero-order chi connectivity index (χ0) is 6.59. The first-order chi connectivity index (χ1) is 4.22. The molecule has 9 heavy (non-hydrogen) atoms. The Morgan fingerprint density at radius 3 is 2.33 bits per heavy atom. The molecule has 4 unspecified atom stereocenters. The summed E-state index contributed by atoms with van der Waals surface area (Å²) >= 11 is 0. The fraction of sp³-hybridized carbons (Fsp3) is 0.778. The molecule has 0 nitrogen and oxygen atoms in total. The predicted molar refractivity (Wildman–Crippen MR) is 39.1 cm³/mol. The SMILES string of the molecule is C=C1CC(C)C2C(C)C12. The van der Waals surface area contributed by atoms with Crippen LogP contribution in [0.3, 0.4) is 0 Å². The molecule has 0 radical (unpaired) electrons. The molecule has 2 saturated carbocycles. The van der Waals surface area contributed by atoms with Gasteiger partial charge in [0.2, 0.25) is 0 Å². The summed E-state index contributed by atoms with van der Waals surface area (Å²) in [7, 11) is 0. The molecule has 0 aromatic carbocycles. The highest BCUT2D eigenvalue weighted by atomic mass is 14.6. The molecule has 0 heteroatoms. The van der Waals surface area contributed by atoms with Crippen molar-refractivity contribution in [2.45, 2.75) is 20.3 Å². The summed E-state index contributed by atoms with van der Waals surface area (Å²) < 4.78 is 0. The molecule has 0 aromatic rings. The molecule has 0 spiro atoms. The minimum atomic E-state index is 0.931. The highest BCUT2D eigenvalue weighted by molar-refractivity contribution is 5.23. The van der Waals surface area contributed by atoms with Crippen LogP contribution >= 0.6 is 0 Å². The van der Waals surface area contributed by atoms with Gasteiger partial charge in [-0.3, -0.25) is 0 Å². The lowest BCUT2D eigenvalue weighted by atomic mass is 10.0. The molecule has 2 rings (SSSR count). The first-order valence-electron chi connectivity index (χ1n) is 3.89. The molecule has 2 aliphatic carbocycles. The summed E-state index contributed by atoms with van der Waals surface area (Å²) in [4.78, 5) is 0. The van der Waals surface area contributed by atoms with Crippen LogP contribution in [0.1, 0.15) is 20.3 Å². The van der Waals surface area contributed by atoms with Crippen LogP contribution in [0.15, 0.2) is 12.2 Å². The quantitative estimate of drug-likeness (QED) is 0.433. The van der Waals surface area contributed by atoms with Gasteiger partial charge in [0.1, 0.15) is 0 Å². The van der Waals surface area contributed by atoms with Gasteiger partial charge in [0.25, 0.3) is 0 Å². The molecular formula is C9H14. The monoisotopic (exact) mass is 122 g/mol. The first kappa shape index (κ1) is 5.52.